The number of hydrogen-bond acceptors (Lipinski definition) is 4. The second-order valence-corrected chi connectivity index (χ2v) is 3.22. The molecule has 4 nitrogen and oxygen atoms in total. The smallest absolute Gasteiger partial charge is 0.175 e. The Kier molecular flexibility index (Phi) is 1.73. The molecule has 0 aliphatic carbocycles. The second kappa shape index (κ2) is 2.75. The van der Waals surface area contributed by atoms with Gasteiger partial charge in [0, 0.05) is 11.8 Å². The maximum atomic E-state index is 4.34. The molecular weight excluding hydrogens is 172 g/mol. The number of aryl methyl sites for hydroxylation is 1. The molecule has 0 radical (unpaired) electrons. The first-order valence-corrected chi connectivity index (χ1v) is 4.75. The maximum Gasteiger partial charge on any atom is 0.175 e. The van der Waals surface area contributed by atoms with Crippen LogP contribution in [-0.4, -0.2) is 25.8 Å². The first-order chi connectivity index (χ1) is 5.81. The lowest BCUT2D eigenvalue weighted by molar-refractivity contribution is 0.877. The third kappa shape index (κ3) is 1.06. The van der Waals surface area contributed by atoms with Crippen molar-refractivity contribution in [1.29, 1.82) is 0 Å². The summed E-state index contributed by atoms with van der Waals surface area (Å²) < 4.78 is 1.87. The topological polar surface area (TPSA) is 43.1 Å². The van der Waals surface area contributed by atoms with E-state index in [-0.39, 0.29) is 0 Å². The normalized spacial score (nSPS) is 10.8. The fourth-order valence-electron chi connectivity index (χ4n) is 1.06. The van der Waals surface area contributed by atoms with Gasteiger partial charge in [-0.2, -0.15) is 0 Å². The highest BCUT2D eigenvalue weighted by Crippen LogP contribution is 2.13. The second-order valence-electron chi connectivity index (χ2n) is 2.44. The first kappa shape index (κ1) is 7.54. The van der Waals surface area contributed by atoms with E-state index < -0.39 is 0 Å². The largest absolute Gasteiger partial charge is 0.260 e. The molecule has 0 amide bonds. The number of hydrogen-bond donors (Lipinski definition) is 0. The van der Waals surface area contributed by atoms with E-state index >= 15 is 0 Å². The molecule has 0 aliphatic heterocycles. The van der Waals surface area contributed by atoms with Crippen LogP contribution < -0.4 is 0 Å². The Labute approximate surface area is 74.0 Å². The SMILES string of the molecule is CSc1nc(C)cc2nncn12. The van der Waals surface area contributed by atoms with Crippen molar-refractivity contribution in [2.24, 2.45) is 0 Å². The van der Waals surface area contributed by atoms with Gasteiger partial charge in [-0.3, -0.25) is 4.40 Å². The van der Waals surface area contributed by atoms with E-state index in [9.17, 15) is 0 Å². The zero-order valence-corrected chi connectivity index (χ0v) is 7.67. The Bertz CT molecular complexity index is 409. The van der Waals surface area contributed by atoms with Crippen molar-refractivity contribution >= 4 is 17.4 Å². The molecule has 0 saturated heterocycles. The molecule has 0 spiro atoms. The Morgan fingerprint density at radius 2 is 2.33 bits per heavy atom. The van der Waals surface area contributed by atoms with Gasteiger partial charge in [0.25, 0.3) is 0 Å². The zero-order chi connectivity index (χ0) is 8.55. The summed E-state index contributed by atoms with van der Waals surface area (Å²) in [7, 11) is 0. The lowest BCUT2D eigenvalue weighted by atomic mass is 10.4. The van der Waals surface area contributed by atoms with Gasteiger partial charge in [-0.25, -0.2) is 4.98 Å². The molecule has 2 aromatic heterocycles. The molecule has 2 rings (SSSR count). The minimum Gasteiger partial charge on any atom is -0.260 e. The molecule has 62 valence electrons. The molecule has 2 aromatic rings. The summed E-state index contributed by atoms with van der Waals surface area (Å²) in [6, 6.07) is 1.91. The van der Waals surface area contributed by atoms with E-state index in [1.54, 1.807) is 18.1 Å². The molecule has 0 N–H and O–H groups in total. The van der Waals surface area contributed by atoms with Crippen LogP contribution in [0.2, 0.25) is 0 Å². The molecule has 0 aromatic carbocycles. The van der Waals surface area contributed by atoms with Gasteiger partial charge in [0.1, 0.15) is 6.33 Å². The van der Waals surface area contributed by atoms with Crippen molar-refractivity contribution in [3.63, 3.8) is 0 Å². The molecule has 0 saturated carbocycles. The molecule has 0 fully saturated rings. The van der Waals surface area contributed by atoms with Crippen molar-refractivity contribution in [3.8, 4) is 0 Å². The molecule has 0 unspecified atom stereocenters. The van der Waals surface area contributed by atoms with Crippen LogP contribution in [0.25, 0.3) is 5.65 Å². The highest BCUT2D eigenvalue weighted by molar-refractivity contribution is 7.98. The van der Waals surface area contributed by atoms with Crippen molar-refractivity contribution in [2.45, 2.75) is 12.1 Å². The minimum absolute atomic E-state index is 0.854. The van der Waals surface area contributed by atoms with Crippen LogP contribution in [0.5, 0.6) is 0 Å². The van der Waals surface area contributed by atoms with Gasteiger partial charge in [0.2, 0.25) is 0 Å². The van der Waals surface area contributed by atoms with Crippen molar-refractivity contribution < 1.29 is 0 Å². The average molecular weight is 180 g/mol. The summed E-state index contributed by atoms with van der Waals surface area (Å²) in [5, 5.41) is 8.68. The summed E-state index contributed by atoms with van der Waals surface area (Å²) in [5.74, 6) is 0. The molecule has 0 bridgehead atoms. The molecule has 12 heavy (non-hydrogen) atoms. The van der Waals surface area contributed by atoms with Crippen LogP contribution in [-0.2, 0) is 0 Å². The highest BCUT2D eigenvalue weighted by atomic mass is 32.2. The molecule has 0 atom stereocenters. The number of nitrogens with zero attached hydrogens (tertiary/aromatic N) is 4. The lowest BCUT2D eigenvalue weighted by Gasteiger charge is -2.00. The van der Waals surface area contributed by atoms with Crippen molar-refractivity contribution in [1.82, 2.24) is 19.6 Å². The number of fused-ring (bicyclic) bond motifs is 1. The fraction of sp³-hybridized carbons (Fsp3) is 0.286. The van der Waals surface area contributed by atoms with Crippen LogP contribution >= 0.6 is 11.8 Å². The van der Waals surface area contributed by atoms with Gasteiger partial charge in [0.05, 0.1) is 0 Å². The van der Waals surface area contributed by atoms with Gasteiger partial charge in [-0.15, -0.1) is 10.2 Å². The number of aromatic nitrogens is 4. The number of thioether (sulfide) groups is 1. The van der Waals surface area contributed by atoms with Crippen LogP contribution in [0.3, 0.4) is 0 Å². The maximum absolute atomic E-state index is 4.34. The van der Waals surface area contributed by atoms with Gasteiger partial charge in [-0.05, 0) is 13.2 Å². The lowest BCUT2D eigenvalue weighted by Crippen LogP contribution is -1.94. The first-order valence-electron chi connectivity index (χ1n) is 3.52. The van der Waals surface area contributed by atoms with Crippen LogP contribution in [0.4, 0.5) is 0 Å². The Morgan fingerprint density at radius 1 is 1.50 bits per heavy atom. The fourth-order valence-corrected chi connectivity index (χ4v) is 1.63. The summed E-state index contributed by atoms with van der Waals surface area (Å²) >= 11 is 1.59. The summed E-state index contributed by atoms with van der Waals surface area (Å²) in [6.45, 7) is 1.95. The van der Waals surface area contributed by atoms with Gasteiger partial charge in [-0.1, -0.05) is 11.8 Å². The standard InChI is InChI=1S/C7H8N4S/c1-5-3-6-10-8-4-11(6)7(9-5)12-2/h3-4H,1-2H3. The van der Waals surface area contributed by atoms with Gasteiger partial charge in [0.15, 0.2) is 10.8 Å². The van der Waals surface area contributed by atoms with Crippen molar-refractivity contribution in [2.75, 3.05) is 6.26 Å². The third-order valence-electron chi connectivity index (χ3n) is 1.57. The van der Waals surface area contributed by atoms with E-state index in [1.165, 1.54) is 0 Å². The highest BCUT2D eigenvalue weighted by Gasteiger charge is 2.02. The monoisotopic (exact) mass is 180 g/mol. The van der Waals surface area contributed by atoms with Gasteiger partial charge < -0.3 is 0 Å². The average Bonchev–Trinajstić information content (AvgIpc) is 2.50. The predicted molar refractivity (Wildman–Crippen MR) is 47.3 cm³/mol. The Balaban J connectivity index is 2.80. The van der Waals surface area contributed by atoms with E-state index in [0.717, 1.165) is 16.5 Å². The zero-order valence-electron chi connectivity index (χ0n) is 6.85. The summed E-state index contributed by atoms with van der Waals surface area (Å²) in [6.07, 6.45) is 3.66. The number of rotatable bonds is 1. The van der Waals surface area contributed by atoms with E-state index in [0.29, 0.717) is 0 Å². The Morgan fingerprint density at radius 3 is 3.08 bits per heavy atom. The quantitative estimate of drug-likeness (QED) is 0.488. The van der Waals surface area contributed by atoms with E-state index in [1.807, 2.05) is 23.6 Å². The minimum atomic E-state index is 0.854. The predicted octanol–water partition coefficient (Wildman–Crippen LogP) is 1.15. The van der Waals surface area contributed by atoms with E-state index in [4.69, 9.17) is 0 Å². The molecular formula is C7H8N4S. The van der Waals surface area contributed by atoms with Crippen LogP contribution in [0, 0.1) is 6.92 Å². The van der Waals surface area contributed by atoms with E-state index in [2.05, 4.69) is 15.2 Å². The molecule has 5 heteroatoms. The molecule has 2 heterocycles. The van der Waals surface area contributed by atoms with Crippen LogP contribution in [0.15, 0.2) is 17.6 Å². The van der Waals surface area contributed by atoms with Gasteiger partial charge >= 0.3 is 0 Å². The third-order valence-corrected chi connectivity index (χ3v) is 2.23. The van der Waals surface area contributed by atoms with Crippen LogP contribution in [0.1, 0.15) is 5.69 Å². The van der Waals surface area contributed by atoms with Crippen molar-refractivity contribution in [3.05, 3.63) is 18.1 Å². The molecule has 0 aliphatic rings. The summed E-state index contributed by atoms with van der Waals surface area (Å²) in [4.78, 5) is 4.34. The Hall–Kier alpha value is -1.10. The summed E-state index contributed by atoms with van der Waals surface area (Å²) in [5.41, 5.74) is 1.83.